The van der Waals surface area contributed by atoms with Crippen molar-refractivity contribution in [3.8, 4) is 0 Å². The zero-order chi connectivity index (χ0) is 23.5. The van der Waals surface area contributed by atoms with Crippen molar-refractivity contribution in [3.63, 3.8) is 0 Å². The minimum absolute atomic E-state index is 0.0354. The van der Waals surface area contributed by atoms with Crippen LogP contribution in [0.4, 0.5) is 11.6 Å². The first-order valence-electron chi connectivity index (χ1n) is 12.9. The second-order valence-electron chi connectivity index (χ2n) is 9.85. The maximum absolute atomic E-state index is 11.9. The normalized spacial score (nSPS) is 22.0. The monoisotopic (exact) mass is 467 g/mol. The van der Waals surface area contributed by atoms with Gasteiger partial charge in [-0.1, -0.05) is 13.8 Å². The first kappa shape index (κ1) is 23.2. The number of carbonyl (C=O) groups excluding carboxylic acids is 1. The van der Waals surface area contributed by atoms with Gasteiger partial charge in [-0.05, 0) is 38.0 Å². The topological polar surface area (TPSA) is 97.2 Å². The van der Waals surface area contributed by atoms with Gasteiger partial charge in [0, 0.05) is 69.5 Å². The summed E-state index contributed by atoms with van der Waals surface area (Å²) < 4.78 is 7.86. The first-order chi connectivity index (χ1) is 16.6. The SMILES string of the molecule is CCc1cn(CCNC2CCOCC2)c(C2CCN(c3ncnc4c3[C@H](C)CC(=O)N4)CC2)n1. The van der Waals surface area contributed by atoms with Crippen LogP contribution in [-0.2, 0) is 22.5 Å². The Morgan fingerprint density at radius 2 is 1.97 bits per heavy atom. The molecule has 9 nitrogen and oxygen atoms in total. The molecular formula is C25H37N7O2. The fourth-order valence-corrected chi connectivity index (χ4v) is 5.56. The zero-order valence-electron chi connectivity index (χ0n) is 20.4. The molecule has 0 aromatic carbocycles. The molecule has 0 unspecified atom stereocenters. The first-order valence-corrected chi connectivity index (χ1v) is 12.9. The second-order valence-corrected chi connectivity index (χ2v) is 9.85. The van der Waals surface area contributed by atoms with E-state index in [2.05, 4.69) is 50.1 Å². The van der Waals surface area contributed by atoms with Crippen molar-refractivity contribution >= 4 is 17.5 Å². The standard InChI is InChI=1S/C25H37N7O2/c1-3-19-15-32(11-8-26-20-6-12-34-13-7-20)24(29-19)18-4-9-31(10-5-18)25-22-17(2)14-21(33)30-23(22)27-16-28-25/h15-18,20,26H,3-14H2,1-2H3,(H,27,28,30,33)/t17-/m1/s1. The van der Waals surface area contributed by atoms with Crippen molar-refractivity contribution in [2.75, 3.05) is 43.1 Å². The van der Waals surface area contributed by atoms with Gasteiger partial charge in [-0.2, -0.15) is 0 Å². The second kappa shape index (κ2) is 10.4. The minimum Gasteiger partial charge on any atom is -0.381 e. The number of hydrogen-bond donors (Lipinski definition) is 2. The van der Waals surface area contributed by atoms with Gasteiger partial charge in [-0.15, -0.1) is 0 Å². The average molecular weight is 468 g/mol. The van der Waals surface area contributed by atoms with Gasteiger partial charge >= 0.3 is 0 Å². The van der Waals surface area contributed by atoms with Crippen LogP contribution in [0.1, 0.15) is 74.9 Å². The largest absolute Gasteiger partial charge is 0.381 e. The smallest absolute Gasteiger partial charge is 0.226 e. The molecule has 3 aliphatic rings. The van der Waals surface area contributed by atoms with E-state index in [0.717, 1.165) is 82.9 Å². The number of ether oxygens (including phenoxy) is 1. The van der Waals surface area contributed by atoms with Gasteiger partial charge in [-0.3, -0.25) is 4.79 Å². The summed E-state index contributed by atoms with van der Waals surface area (Å²) in [7, 11) is 0. The number of piperidine rings is 1. The molecule has 2 N–H and O–H groups in total. The van der Waals surface area contributed by atoms with Crippen LogP contribution in [0.3, 0.4) is 0 Å². The Balaban J connectivity index is 1.24. The van der Waals surface area contributed by atoms with Crippen molar-refractivity contribution < 1.29 is 9.53 Å². The Bertz CT molecular complexity index is 993. The Labute approximate surface area is 201 Å². The van der Waals surface area contributed by atoms with Gasteiger partial charge in [0.2, 0.25) is 5.91 Å². The minimum atomic E-state index is 0.0354. The van der Waals surface area contributed by atoms with Crippen molar-refractivity contribution in [1.29, 1.82) is 0 Å². The van der Waals surface area contributed by atoms with E-state index >= 15 is 0 Å². The molecule has 0 aliphatic carbocycles. The molecule has 2 aromatic heterocycles. The number of aromatic nitrogens is 4. The highest BCUT2D eigenvalue weighted by atomic mass is 16.5. The van der Waals surface area contributed by atoms with Crippen molar-refractivity contribution in [3.05, 3.63) is 29.6 Å². The average Bonchev–Trinajstić information content (AvgIpc) is 3.27. The highest BCUT2D eigenvalue weighted by molar-refractivity contribution is 5.94. The Morgan fingerprint density at radius 3 is 2.74 bits per heavy atom. The lowest BCUT2D eigenvalue weighted by molar-refractivity contribution is -0.116. The van der Waals surface area contributed by atoms with Crippen LogP contribution in [0.2, 0.25) is 0 Å². The molecule has 34 heavy (non-hydrogen) atoms. The molecule has 2 fully saturated rings. The van der Waals surface area contributed by atoms with Gasteiger partial charge < -0.3 is 24.8 Å². The van der Waals surface area contributed by atoms with Gasteiger partial charge in [0.05, 0.1) is 5.69 Å². The van der Waals surface area contributed by atoms with Crippen LogP contribution in [0.5, 0.6) is 0 Å². The summed E-state index contributed by atoms with van der Waals surface area (Å²) in [6.45, 7) is 9.79. The van der Waals surface area contributed by atoms with Crippen LogP contribution in [0, 0.1) is 0 Å². The van der Waals surface area contributed by atoms with Crippen molar-refractivity contribution in [2.24, 2.45) is 0 Å². The summed E-state index contributed by atoms with van der Waals surface area (Å²) in [5.74, 6) is 3.51. The highest BCUT2D eigenvalue weighted by Gasteiger charge is 2.31. The van der Waals surface area contributed by atoms with Gasteiger partial charge in [-0.25, -0.2) is 15.0 Å². The Morgan fingerprint density at radius 1 is 1.18 bits per heavy atom. The molecule has 0 bridgehead atoms. The maximum atomic E-state index is 11.9. The van der Waals surface area contributed by atoms with E-state index in [-0.39, 0.29) is 11.8 Å². The molecule has 0 saturated carbocycles. The van der Waals surface area contributed by atoms with Gasteiger partial charge in [0.25, 0.3) is 0 Å². The van der Waals surface area contributed by atoms with Gasteiger partial charge in [0.15, 0.2) is 0 Å². The number of amides is 1. The molecule has 3 aliphatic heterocycles. The summed E-state index contributed by atoms with van der Waals surface area (Å²) in [4.78, 5) is 28.3. The van der Waals surface area contributed by atoms with Gasteiger partial charge in [0.1, 0.15) is 23.8 Å². The lowest BCUT2D eigenvalue weighted by Crippen LogP contribution is -2.37. The van der Waals surface area contributed by atoms with Crippen LogP contribution in [-0.4, -0.2) is 64.3 Å². The summed E-state index contributed by atoms with van der Waals surface area (Å²) in [6.07, 6.45) is 9.57. The van der Waals surface area contributed by atoms with E-state index < -0.39 is 0 Å². The van der Waals surface area contributed by atoms with E-state index in [9.17, 15) is 4.79 Å². The number of nitrogens with zero attached hydrogens (tertiary/aromatic N) is 5. The third kappa shape index (κ3) is 4.95. The molecule has 5 heterocycles. The highest BCUT2D eigenvalue weighted by Crippen LogP contribution is 2.38. The third-order valence-electron chi connectivity index (χ3n) is 7.49. The number of hydrogen-bond acceptors (Lipinski definition) is 7. The lowest BCUT2D eigenvalue weighted by Gasteiger charge is -2.35. The summed E-state index contributed by atoms with van der Waals surface area (Å²) in [5.41, 5.74) is 2.26. The maximum Gasteiger partial charge on any atom is 0.226 e. The number of nitrogens with one attached hydrogen (secondary N) is 2. The molecule has 1 amide bonds. The number of fused-ring (bicyclic) bond motifs is 1. The predicted molar refractivity (Wildman–Crippen MR) is 131 cm³/mol. The zero-order valence-corrected chi connectivity index (χ0v) is 20.4. The molecule has 0 spiro atoms. The van der Waals surface area contributed by atoms with Crippen LogP contribution in [0.25, 0.3) is 0 Å². The third-order valence-corrected chi connectivity index (χ3v) is 7.49. The van der Waals surface area contributed by atoms with E-state index in [0.29, 0.717) is 24.2 Å². The molecule has 1 atom stereocenters. The molecule has 2 saturated heterocycles. The van der Waals surface area contributed by atoms with Crippen LogP contribution < -0.4 is 15.5 Å². The predicted octanol–water partition coefficient (Wildman–Crippen LogP) is 2.83. The lowest BCUT2D eigenvalue weighted by atomic mass is 9.92. The van der Waals surface area contributed by atoms with Crippen LogP contribution in [0.15, 0.2) is 12.5 Å². The molecule has 2 aromatic rings. The number of imidazole rings is 1. The summed E-state index contributed by atoms with van der Waals surface area (Å²) >= 11 is 0. The molecule has 9 heteroatoms. The number of anilines is 2. The van der Waals surface area contributed by atoms with E-state index in [1.54, 1.807) is 6.33 Å². The fourth-order valence-electron chi connectivity index (χ4n) is 5.56. The molecule has 5 rings (SSSR count). The molecule has 184 valence electrons. The number of rotatable bonds is 7. The molecular weight excluding hydrogens is 430 g/mol. The molecule has 0 radical (unpaired) electrons. The van der Waals surface area contributed by atoms with Crippen LogP contribution >= 0.6 is 0 Å². The number of aryl methyl sites for hydroxylation is 1. The summed E-state index contributed by atoms with van der Waals surface area (Å²) in [5, 5.41) is 6.63. The summed E-state index contributed by atoms with van der Waals surface area (Å²) in [6, 6.07) is 0.570. The van der Waals surface area contributed by atoms with E-state index in [1.165, 1.54) is 11.5 Å². The number of carbonyl (C=O) groups is 1. The quantitative estimate of drug-likeness (QED) is 0.646. The Kier molecular flexibility index (Phi) is 7.10. The van der Waals surface area contributed by atoms with E-state index in [1.807, 2.05) is 0 Å². The van der Waals surface area contributed by atoms with Crippen molar-refractivity contribution in [1.82, 2.24) is 24.8 Å². The van der Waals surface area contributed by atoms with Crippen molar-refractivity contribution in [2.45, 2.75) is 76.8 Å². The Hall–Kier alpha value is -2.52. The fraction of sp³-hybridized carbons (Fsp3) is 0.680. The van der Waals surface area contributed by atoms with E-state index in [4.69, 9.17) is 9.72 Å².